The Hall–Kier alpha value is -3.50. The molecule has 4 aromatic rings. The molecule has 1 aromatic carbocycles. The van der Waals surface area contributed by atoms with E-state index in [0.717, 1.165) is 48.3 Å². The monoisotopic (exact) mass is 464 g/mol. The summed E-state index contributed by atoms with van der Waals surface area (Å²) in [5.41, 5.74) is 9.74. The van der Waals surface area contributed by atoms with Crippen LogP contribution in [0.4, 0.5) is 5.82 Å². The molecule has 0 aliphatic carbocycles. The van der Waals surface area contributed by atoms with Crippen LogP contribution in [0.2, 0.25) is 0 Å². The molecule has 10 nitrogen and oxygen atoms in total. The molecule has 0 bridgehead atoms. The second kappa shape index (κ2) is 10.6. The number of likely N-dealkylation sites (N-methyl/N-ethyl adjacent to an activating group) is 2. The van der Waals surface area contributed by atoms with E-state index in [1.807, 2.05) is 41.8 Å². The van der Waals surface area contributed by atoms with Crippen LogP contribution in [0, 0.1) is 0 Å². The molecule has 0 aliphatic rings. The number of imidazole rings is 1. The average Bonchev–Trinajstić information content (AvgIpc) is 3.44. The molecular formula is C24H32N8O2. The Bertz CT molecular complexity index is 1220. The Morgan fingerprint density at radius 2 is 1.82 bits per heavy atom. The summed E-state index contributed by atoms with van der Waals surface area (Å²) in [6, 6.07) is 9.98. The van der Waals surface area contributed by atoms with E-state index in [0.29, 0.717) is 30.4 Å². The summed E-state index contributed by atoms with van der Waals surface area (Å²) in [6.45, 7) is 6.25. The number of nitrogen functional groups attached to an aromatic ring is 1. The fraction of sp³-hybridized carbons (Fsp3) is 0.417. The van der Waals surface area contributed by atoms with Crippen molar-refractivity contribution in [3.05, 3.63) is 36.5 Å². The van der Waals surface area contributed by atoms with Gasteiger partial charge in [0.15, 0.2) is 23.1 Å². The number of hydrogen-bond acceptors (Lipinski definition) is 9. The highest BCUT2D eigenvalue weighted by molar-refractivity contribution is 5.95. The normalized spacial score (nSPS) is 11.7. The van der Waals surface area contributed by atoms with Gasteiger partial charge in [0.1, 0.15) is 11.0 Å². The van der Waals surface area contributed by atoms with Gasteiger partial charge in [-0.3, -0.25) is 0 Å². The third-order valence-corrected chi connectivity index (χ3v) is 5.70. The number of ether oxygens (including phenoxy) is 1. The zero-order valence-electron chi connectivity index (χ0n) is 20.2. The molecule has 3 aromatic heterocycles. The zero-order valence-corrected chi connectivity index (χ0v) is 20.2. The Labute approximate surface area is 199 Å². The third-order valence-electron chi connectivity index (χ3n) is 5.70. The topological polar surface area (TPSA) is 111 Å². The predicted octanol–water partition coefficient (Wildman–Crippen LogP) is 3.01. The number of rotatable bonds is 11. The van der Waals surface area contributed by atoms with Crippen LogP contribution in [0.5, 0.6) is 5.75 Å². The number of aryl methyl sites for hydroxylation is 1. The molecule has 0 saturated heterocycles. The van der Waals surface area contributed by atoms with Gasteiger partial charge < -0.3 is 24.8 Å². The van der Waals surface area contributed by atoms with Gasteiger partial charge >= 0.3 is 0 Å². The number of anilines is 1. The number of hydrogen-bond donors (Lipinski definition) is 1. The first-order valence-corrected chi connectivity index (χ1v) is 11.5. The standard InChI is InChI=1S/C24H32N8O2/c1-5-32-22-18(33-15-9-12-31(4)14-13-30(2)3)16-26-19(17-10-7-6-8-11-17)20(22)27-24(32)21-23(25)29-34-28-21/h6-8,10-11,16H,5,9,12-15H2,1-4H3,(H2,25,29). The molecule has 10 heteroatoms. The quantitative estimate of drug-likeness (QED) is 0.335. The third kappa shape index (κ3) is 5.02. The van der Waals surface area contributed by atoms with Crippen LogP contribution in [-0.4, -0.2) is 82.0 Å². The summed E-state index contributed by atoms with van der Waals surface area (Å²) in [5, 5.41) is 7.71. The van der Waals surface area contributed by atoms with Gasteiger partial charge in [-0.1, -0.05) is 30.3 Å². The van der Waals surface area contributed by atoms with Crippen LogP contribution in [0.3, 0.4) is 0 Å². The van der Waals surface area contributed by atoms with Crippen molar-refractivity contribution in [2.45, 2.75) is 19.9 Å². The van der Waals surface area contributed by atoms with E-state index in [9.17, 15) is 0 Å². The van der Waals surface area contributed by atoms with E-state index in [4.69, 9.17) is 25.1 Å². The molecule has 0 spiro atoms. The van der Waals surface area contributed by atoms with Crippen molar-refractivity contribution in [1.82, 2.24) is 34.6 Å². The van der Waals surface area contributed by atoms with Crippen LogP contribution in [0.15, 0.2) is 41.2 Å². The number of nitrogens with two attached hydrogens (primary N) is 1. The molecule has 3 heterocycles. The SMILES string of the molecule is CCn1c(-c2nonc2N)nc2c(-c3ccccc3)ncc(OCCCN(C)CCN(C)C)c21. The van der Waals surface area contributed by atoms with Crippen LogP contribution in [0.1, 0.15) is 13.3 Å². The molecule has 0 unspecified atom stereocenters. The van der Waals surface area contributed by atoms with E-state index in [1.54, 1.807) is 6.20 Å². The summed E-state index contributed by atoms with van der Waals surface area (Å²) in [4.78, 5) is 14.1. The van der Waals surface area contributed by atoms with E-state index in [1.165, 1.54) is 0 Å². The predicted molar refractivity (Wildman–Crippen MR) is 133 cm³/mol. The summed E-state index contributed by atoms with van der Waals surface area (Å²) in [7, 11) is 6.30. The minimum Gasteiger partial charge on any atom is -0.490 e. The van der Waals surface area contributed by atoms with E-state index < -0.39 is 0 Å². The van der Waals surface area contributed by atoms with E-state index in [2.05, 4.69) is 41.3 Å². The Kier molecular flexibility index (Phi) is 7.39. The lowest BCUT2D eigenvalue weighted by Crippen LogP contribution is -2.30. The molecule has 0 amide bonds. The fourth-order valence-electron chi connectivity index (χ4n) is 3.86. The summed E-state index contributed by atoms with van der Waals surface area (Å²) in [6.07, 6.45) is 2.68. The largest absolute Gasteiger partial charge is 0.490 e. The van der Waals surface area contributed by atoms with Gasteiger partial charge in [0.2, 0.25) is 0 Å². The molecule has 0 aliphatic heterocycles. The van der Waals surface area contributed by atoms with Gasteiger partial charge in [-0.25, -0.2) is 14.6 Å². The first kappa shape index (κ1) is 23.7. The number of nitrogens with zero attached hydrogens (tertiary/aromatic N) is 7. The summed E-state index contributed by atoms with van der Waals surface area (Å²) >= 11 is 0. The first-order valence-electron chi connectivity index (χ1n) is 11.5. The zero-order chi connectivity index (χ0) is 24.1. The van der Waals surface area contributed by atoms with Crippen molar-refractivity contribution in [2.24, 2.45) is 0 Å². The maximum atomic E-state index is 6.24. The minimum absolute atomic E-state index is 0.197. The number of benzene rings is 1. The number of fused-ring (bicyclic) bond motifs is 1. The molecule has 0 radical (unpaired) electrons. The van der Waals surface area contributed by atoms with Gasteiger partial charge in [-0.15, -0.1) is 0 Å². The molecule has 0 saturated carbocycles. The van der Waals surface area contributed by atoms with Crippen molar-refractivity contribution in [2.75, 3.05) is 53.1 Å². The van der Waals surface area contributed by atoms with Gasteiger partial charge in [0.25, 0.3) is 0 Å². The maximum Gasteiger partial charge on any atom is 0.199 e. The molecule has 180 valence electrons. The van der Waals surface area contributed by atoms with Crippen molar-refractivity contribution in [1.29, 1.82) is 0 Å². The van der Waals surface area contributed by atoms with Crippen LogP contribution < -0.4 is 10.5 Å². The van der Waals surface area contributed by atoms with Crippen molar-refractivity contribution < 1.29 is 9.37 Å². The van der Waals surface area contributed by atoms with E-state index >= 15 is 0 Å². The second-order valence-electron chi connectivity index (χ2n) is 8.52. The molecular weight excluding hydrogens is 432 g/mol. The van der Waals surface area contributed by atoms with Crippen LogP contribution >= 0.6 is 0 Å². The highest BCUT2D eigenvalue weighted by Gasteiger charge is 2.24. The minimum atomic E-state index is 0.197. The molecule has 4 rings (SSSR count). The highest BCUT2D eigenvalue weighted by Crippen LogP contribution is 2.36. The van der Waals surface area contributed by atoms with Gasteiger partial charge in [0.05, 0.1) is 18.5 Å². The van der Waals surface area contributed by atoms with Gasteiger partial charge in [-0.2, -0.15) is 0 Å². The molecule has 34 heavy (non-hydrogen) atoms. The average molecular weight is 465 g/mol. The number of pyridine rings is 1. The highest BCUT2D eigenvalue weighted by atomic mass is 16.6. The van der Waals surface area contributed by atoms with Crippen molar-refractivity contribution >= 4 is 16.9 Å². The Balaban J connectivity index is 1.66. The molecule has 0 fully saturated rings. The van der Waals surface area contributed by atoms with Crippen LogP contribution in [-0.2, 0) is 6.54 Å². The summed E-state index contributed by atoms with van der Waals surface area (Å²) < 4.78 is 13.1. The number of aromatic nitrogens is 5. The molecule has 2 N–H and O–H groups in total. The van der Waals surface area contributed by atoms with Gasteiger partial charge in [0, 0.05) is 31.7 Å². The maximum absolute atomic E-state index is 6.24. The lowest BCUT2D eigenvalue weighted by Gasteiger charge is -2.19. The van der Waals surface area contributed by atoms with E-state index in [-0.39, 0.29) is 5.82 Å². The summed E-state index contributed by atoms with van der Waals surface area (Å²) in [5.74, 6) is 1.46. The fourth-order valence-corrected chi connectivity index (χ4v) is 3.86. The molecule has 0 atom stereocenters. The Morgan fingerprint density at radius 3 is 2.50 bits per heavy atom. The van der Waals surface area contributed by atoms with Crippen molar-refractivity contribution in [3.63, 3.8) is 0 Å². The second-order valence-corrected chi connectivity index (χ2v) is 8.52. The Morgan fingerprint density at radius 1 is 1.03 bits per heavy atom. The lowest BCUT2D eigenvalue weighted by atomic mass is 10.1. The smallest absolute Gasteiger partial charge is 0.199 e. The van der Waals surface area contributed by atoms with Crippen molar-refractivity contribution in [3.8, 4) is 28.5 Å². The van der Waals surface area contributed by atoms with Gasteiger partial charge in [-0.05, 0) is 44.8 Å². The first-order chi connectivity index (χ1) is 16.5. The lowest BCUT2D eigenvalue weighted by molar-refractivity contribution is 0.245. The van der Waals surface area contributed by atoms with Crippen LogP contribution in [0.25, 0.3) is 33.8 Å².